The van der Waals surface area contributed by atoms with Crippen LogP contribution in [0.5, 0.6) is 0 Å². The molecular formula is C23H46N6. The molecule has 0 bridgehead atoms. The second-order valence-corrected chi connectivity index (χ2v) is 8.29. The molecule has 0 saturated heterocycles. The summed E-state index contributed by atoms with van der Waals surface area (Å²) in [5.74, 6) is 1.06. The van der Waals surface area contributed by atoms with Crippen molar-refractivity contribution in [3.8, 4) is 0 Å². The van der Waals surface area contributed by atoms with E-state index in [1.165, 1.54) is 89.9 Å². The number of nitrogens with two attached hydrogens (primary N) is 2. The van der Waals surface area contributed by atoms with Gasteiger partial charge in [-0.1, -0.05) is 104 Å². The Morgan fingerprint density at radius 3 is 1.24 bits per heavy atom. The van der Waals surface area contributed by atoms with Crippen LogP contribution in [0.25, 0.3) is 0 Å². The van der Waals surface area contributed by atoms with Gasteiger partial charge in [0.05, 0.1) is 0 Å². The minimum atomic E-state index is 0.212. The Morgan fingerprint density at radius 2 is 0.862 bits per heavy atom. The highest BCUT2D eigenvalue weighted by Gasteiger charge is 2.11. The SMILES string of the molecule is CCCCCCCCCCN(CCCCCCCCCC)c1nc(N)nc(N)n1. The molecule has 1 aromatic rings. The lowest BCUT2D eigenvalue weighted by Gasteiger charge is -2.23. The average molecular weight is 407 g/mol. The van der Waals surface area contributed by atoms with E-state index in [4.69, 9.17) is 11.5 Å². The Kier molecular flexibility index (Phi) is 15.2. The van der Waals surface area contributed by atoms with Gasteiger partial charge in [0.1, 0.15) is 0 Å². The van der Waals surface area contributed by atoms with E-state index in [9.17, 15) is 0 Å². The lowest BCUT2D eigenvalue weighted by atomic mass is 10.1. The molecule has 29 heavy (non-hydrogen) atoms. The van der Waals surface area contributed by atoms with Crippen molar-refractivity contribution in [1.82, 2.24) is 15.0 Å². The minimum absolute atomic E-state index is 0.212. The molecule has 1 rings (SSSR count). The molecule has 0 spiro atoms. The third-order valence-electron chi connectivity index (χ3n) is 5.50. The molecule has 168 valence electrons. The summed E-state index contributed by atoms with van der Waals surface area (Å²) in [6.45, 7) is 6.46. The first-order valence-electron chi connectivity index (χ1n) is 12.2. The van der Waals surface area contributed by atoms with Crippen LogP contribution >= 0.6 is 0 Å². The van der Waals surface area contributed by atoms with Gasteiger partial charge in [0.25, 0.3) is 0 Å². The van der Waals surface area contributed by atoms with E-state index in [2.05, 4.69) is 33.7 Å². The van der Waals surface area contributed by atoms with Crippen LogP contribution in [0.4, 0.5) is 17.8 Å². The summed E-state index contributed by atoms with van der Waals surface area (Å²) in [6.07, 6.45) is 21.0. The summed E-state index contributed by atoms with van der Waals surface area (Å²) in [6, 6.07) is 0. The van der Waals surface area contributed by atoms with Crippen LogP contribution in [0, 0.1) is 0 Å². The second-order valence-electron chi connectivity index (χ2n) is 8.29. The molecule has 0 saturated carbocycles. The Hall–Kier alpha value is -1.59. The molecule has 0 aromatic carbocycles. The number of anilines is 3. The molecule has 6 nitrogen and oxygen atoms in total. The number of aromatic nitrogens is 3. The van der Waals surface area contributed by atoms with Crippen LogP contribution in [-0.2, 0) is 0 Å². The average Bonchev–Trinajstić information content (AvgIpc) is 2.69. The molecular weight excluding hydrogens is 360 g/mol. The minimum Gasteiger partial charge on any atom is -0.368 e. The van der Waals surface area contributed by atoms with Gasteiger partial charge in [0.2, 0.25) is 17.8 Å². The third-order valence-corrected chi connectivity index (χ3v) is 5.50. The van der Waals surface area contributed by atoms with Gasteiger partial charge < -0.3 is 16.4 Å². The van der Waals surface area contributed by atoms with Crippen LogP contribution in [-0.4, -0.2) is 28.0 Å². The molecule has 0 aliphatic carbocycles. The summed E-state index contributed by atoms with van der Waals surface area (Å²) in [7, 11) is 0. The molecule has 0 unspecified atom stereocenters. The monoisotopic (exact) mass is 406 g/mol. The first-order valence-corrected chi connectivity index (χ1v) is 12.2. The second kappa shape index (κ2) is 17.3. The largest absolute Gasteiger partial charge is 0.368 e. The lowest BCUT2D eigenvalue weighted by Crippen LogP contribution is -2.28. The molecule has 0 aliphatic rings. The highest BCUT2D eigenvalue weighted by Crippen LogP contribution is 2.15. The van der Waals surface area contributed by atoms with E-state index in [0.29, 0.717) is 5.95 Å². The molecule has 0 atom stereocenters. The van der Waals surface area contributed by atoms with Crippen molar-refractivity contribution in [2.45, 2.75) is 117 Å². The van der Waals surface area contributed by atoms with Crippen LogP contribution in [0.15, 0.2) is 0 Å². The fraction of sp³-hybridized carbons (Fsp3) is 0.870. The zero-order chi connectivity index (χ0) is 21.2. The van der Waals surface area contributed by atoms with Gasteiger partial charge in [-0.3, -0.25) is 0 Å². The van der Waals surface area contributed by atoms with Crippen LogP contribution in [0.1, 0.15) is 117 Å². The topological polar surface area (TPSA) is 94.0 Å². The summed E-state index contributed by atoms with van der Waals surface area (Å²) in [5, 5.41) is 0. The maximum absolute atomic E-state index is 5.80. The van der Waals surface area contributed by atoms with Gasteiger partial charge in [0, 0.05) is 13.1 Å². The van der Waals surface area contributed by atoms with Crippen molar-refractivity contribution >= 4 is 17.8 Å². The maximum Gasteiger partial charge on any atom is 0.231 e. The molecule has 1 aromatic heterocycles. The Morgan fingerprint density at radius 1 is 0.517 bits per heavy atom. The van der Waals surface area contributed by atoms with Gasteiger partial charge in [-0.15, -0.1) is 0 Å². The number of hydrogen-bond donors (Lipinski definition) is 2. The van der Waals surface area contributed by atoms with Gasteiger partial charge in [0.15, 0.2) is 0 Å². The molecule has 0 aliphatic heterocycles. The normalized spacial score (nSPS) is 11.1. The van der Waals surface area contributed by atoms with Crippen molar-refractivity contribution in [1.29, 1.82) is 0 Å². The number of rotatable bonds is 19. The Balaban J connectivity index is 2.34. The Labute approximate surface area is 179 Å². The van der Waals surface area contributed by atoms with Crippen molar-refractivity contribution < 1.29 is 0 Å². The molecule has 0 amide bonds. The predicted molar refractivity (Wildman–Crippen MR) is 126 cm³/mol. The van der Waals surface area contributed by atoms with E-state index >= 15 is 0 Å². The van der Waals surface area contributed by atoms with E-state index in [1.54, 1.807) is 0 Å². The van der Waals surface area contributed by atoms with E-state index in [0.717, 1.165) is 25.9 Å². The number of nitrogens with zero attached hydrogens (tertiary/aromatic N) is 4. The van der Waals surface area contributed by atoms with Crippen molar-refractivity contribution in [2.24, 2.45) is 0 Å². The number of unbranched alkanes of at least 4 members (excludes halogenated alkanes) is 14. The van der Waals surface area contributed by atoms with E-state index in [-0.39, 0.29) is 11.9 Å². The zero-order valence-electron chi connectivity index (χ0n) is 19.2. The summed E-state index contributed by atoms with van der Waals surface area (Å²) in [4.78, 5) is 14.8. The Bertz CT molecular complexity index is 468. The third kappa shape index (κ3) is 13.3. The molecule has 0 fully saturated rings. The van der Waals surface area contributed by atoms with Gasteiger partial charge in [-0.2, -0.15) is 15.0 Å². The molecule has 0 radical (unpaired) electrons. The van der Waals surface area contributed by atoms with Crippen LogP contribution < -0.4 is 16.4 Å². The fourth-order valence-electron chi connectivity index (χ4n) is 3.72. The standard InChI is InChI=1S/C23H46N6/c1-3-5-7-9-11-13-15-17-19-29(23-27-21(24)26-22(25)28-23)20-18-16-14-12-10-8-6-4-2/h3-20H2,1-2H3,(H4,24,25,26,27,28). The van der Waals surface area contributed by atoms with Crippen LogP contribution in [0.2, 0.25) is 0 Å². The molecule has 1 heterocycles. The van der Waals surface area contributed by atoms with Gasteiger partial charge >= 0.3 is 0 Å². The highest BCUT2D eigenvalue weighted by atomic mass is 15.3. The fourth-order valence-corrected chi connectivity index (χ4v) is 3.72. The first-order chi connectivity index (χ1) is 14.2. The van der Waals surface area contributed by atoms with E-state index < -0.39 is 0 Å². The van der Waals surface area contributed by atoms with E-state index in [1.807, 2.05) is 0 Å². The quantitative estimate of drug-likeness (QED) is 0.269. The summed E-state index contributed by atoms with van der Waals surface area (Å²) >= 11 is 0. The van der Waals surface area contributed by atoms with Crippen molar-refractivity contribution in [2.75, 3.05) is 29.5 Å². The highest BCUT2D eigenvalue weighted by molar-refractivity contribution is 5.39. The van der Waals surface area contributed by atoms with Crippen molar-refractivity contribution in [3.63, 3.8) is 0 Å². The first kappa shape index (κ1) is 25.4. The zero-order valence-corrected chi connectivity index (χ0v) is 19.2. The van der Waals surface area contributed by atoms with Crippen LogP contribution in [0.3, 0.4) is 0 Å². The molecule has 6 heteroatoms. The number of nitrogen functional groups attached to an aromatic ring is 2. The number of hydrogen-bond acceptors (Lipinski definition) is 6. The maximum atomic E-state index is 5.80. The van der Waals surface area contributed by atoms with Crippen molar-refractivity contribution in [3.05, 3.63) is 0 Å². The smallest absolute Gasteiger partial charge is 0.231 e. The summed E-state index contributed by atoms with van der Waals surface area (Å²) < 4.78 is 0. The summed E-state index contributed by atoms with van der Waals surface area (Å²) in [5.41, 5.74) is 11.6. The lowest BCUT2D eigenvalue weighted by molar-refractivity contribution is 0.552. The van der Waals surface area contributed by atoms with Gasteiger partial charge in [-0.05, 0) is 12.8 Å². The molecule has 4 N–H and O–H groups in total. The van der Waals surface area contributed by atoms with Gasteiger partial charge in [-0.25, -0.2) is 0 Å². The predicted octanol–water partition coefficient (Wildman–Crippen LogP) is 6.12.